The van der Waals surface area contributed by atoms with Gasteiger partial charge in [-0.3, -0.25) is 0 Å². The zero-order valence-electron chi connectivity index (χ0n) is 4.99. The third-order valence-electron chi connectivity index (χ3n) is 1.02. The summed E-state index contributed by atoms with van der Waals surface area (Å²) in [5, 5.41) is 0. The molecular formula is C8H7N. The minimum Gasteiger partial charge on any atom is -0.149 e. The van der Waals surface area contributed by atoms with Crippen molar-refractivity contribution in [2.75, 3.05) is 0 Å². The minimum atomic E-state index is 1.03. The topological polar surface area (TPSA) is 4.36 Å². The van der Waals surface area contributed by atoms with Crippen LogP contribution in [0.1, 0.15) is 5.56 Å². The summed E-state index contributed by atoms with van der Waals surface area (Å²) in [6.07, 6.45) is 0. The van der Waals surface area contributed by atoms with Crippen molar-refractivity contribution < 1.29 is 0 Å². The fourth-order valence-corrected chi connectivity index (χ4v) is 0.625. The molecule has 0 aliphatic carbocycles. The van der Waals surface area contributed by atoms with Crippen molar-refractivity contribution in [3.63, 3.8) is 0 Å². The Morgan fingerprint density at radius 3 is 2.44 bits per heavy atom. The molecule has 0 aromatic heterocycles. The summed E-state index contributed by atoms with van der Waals surface area (Å²) in [6.45, 7) is 6.54. The Hall–Kier alpha value is -1.42. The van der Waals surface area contributed by atoms with Crippen molar-refractivity contribution in [3.05, 3.63) is 47.3 Å². The molecule has 0 fully saturated rings. The second kappa shape index (κ2) is 2.78. The van der Waals surface area contributed by atoms with E-state index in [0.717, 1.165) is 5.56 Å². The molecule has 44 valence electrons. The largest absolute Gasteiger partial charge is 0.221 e. The summed E-state index contributed by atoms with van der Waals surface area (Å²) in [5.74, 6) is 0. The molecule has 1 heteroatoms. The molecule has 1 rings (SSSR count). The second-order valence-corrected chi connectivity index (χ2v) is 1.69. The molecule has 0 amide bonds. The molecule has 0 saturated heterocycles. The number of benzene rings is 1. The molecule has 0 atom stereocenters. The van der Waals surface area contributed by atoms with Crippen LogP contribution in [0.5, 0.6) is 0 Å². The first-order chi connectivity index (χ1) is 4.43. The predicted molar refractivity (Wildman–Crippen MR) is 38.1 cm³/mol. The molecule has 1 aromatic rings. The minimum absolute atomic E-state index is 1.03. The van der Waals surface area contributed by atoms with E-state index in [1.165, 1.54) is 0 Å². The van der Waals surface area contributed by atoms with E-state index >= 15 is 0 Å². The van der Waals surface area contributed by atoms with Crippen LogP contribution in [0.2, 0.25) is 0 Å². The van der Waals surface area contributed by atoms with Crippen LogP contribution < -0.4 is 0 Å². The van der Waals surface area contributed by atoms with Gasteiger partial charge >= 0.3 is 0 Å². The predicted octanol–water partition coefficient (Wildman–Crippen LogP) is 2.16. The maximum Gasteiger partial charge on any atom is 0.221 e. The molecule has 0 heterocycles. The Morgan fingerprint density at radius 2 is 1.89 bits per heavy atom. The average Bonchev–Trinajstić information content (AvgIpc) is 1.91. The van der Waals surface area contributed by atoms with Gasteiger partial charge in [0, 0.05) is 0 Å². The first-order valence-corrected chi connectivity index (χ1v) is 2.72. The maximum atomic E-state index is 4.93. The van der Waals surface area contributed by atoms with E-state index in [2.05, 4.69) is 4.85 Å². The maximum absolute atomic E-state index is 4.93. The fourth-order valence-electron chi connectivity index (χ4n) is 0.625. The van der Waals surface area contributed by atoms with Crippen LogP contribution in [0.25, 0.3) is 4.85 Å². The highest BCUT2D eigenvalue weighted by atomic mass is 14.6. The smallest absolute Gasteiger partial charge is 0.149 e. The Labute approximate surface area is 54.8 Å². The summed E-state index contributed by atoms with van der Waals surface area (Å²) < 4.78 is 0. The van der Waals surface area contributed by atoms with E-state index in [1.807, 2.05) is 30.3 Å². The highest BCUT2D eigenvalue weighted by Crippen LogP contribution is 2.00. The normalized spacial score (nSPS) is 7.89. The first kappa shape index (κ1) is 5.71. The van der Waals surface area contributed by atoms with E-state index < -0.39 is 0 Å². The summed E-state index contributed by atoms with van der Waals surface area (Å²) in [7, 11) is 0. The summed E-state index contributed by atoms with van der Waals surface area (Å²) in [4.78, 5) is 3.38. The summed E-state index contributed by atoms with van der Waals surface area (Å²) in [5.41, 5.74) is 1.03. The third kappa shape index (κ3) is 1.50. The Kier molecular flexibility index (Phi) is 1.77. The zero-order valence-corrected chi connectivity index (χ0v) is 4.99. The molecule has 1 nitrogen and oxygen atoms in total. The Bertz CT molecular complexity index is 208. The van der Waals surface area contributed by atoms with Gasteiger partial charge in [0.25, 0.3) is 0 Å². The van der Waals surface area contributed by atoms with E-state index in [1.54, 1.807) is 6.54 Å². The van der Waals surface area contributed by atoms with Crippen molar-refractivity contribution in [1.29, 1.82) is 0 Å². The lowest BCUT2D eigenvalue weighted by atomic mass is 10.2. The van der Waals surface area contributed by atoms with Gasteiger partial charge in [-0.15, -0.1) is 29.1 Å². The Balaban J connectivity index is 2.76. The number of hydrogen-bond donors (Lipinski definition) is 0. The van der Waals surface area contributed by atoms with Crippen LogP contribution in [-0.2, 0) is 0 Å². The molecule has 0 spiro atoms. The van der Waals surface area contributed by atoms with Crippen molar-refractivity contribution >= 4 is 0 Å². The van der Waals surface area contributed by atoms with Gasteiger partial charge in [0.1, 0.15) is 0 Å². The molecule has 0 unspecified atom stereocenters. The molecule has 0 bridgehead atoms. The van der Waals surface area contributed by atoms with Crippen molar-refractivity contribution in [2.24, 2.45) is 0 Å². The van der Waals surface area contributed by atoms with Gasteiger partial charge in [-0.1, -0.05) is 11.6 Å². The lowest BCUT2D eigenvalue weighted by Gasteiger charge is -1.90. The highest BCUT2D eigenvalue weighted by Gasteiger charge is 1.83. The van der Waals surface area contributed by atoms with Gasteiger partial charge in [-0.25, -0.2) is 0 Å². The fraction of sp³-hybridized carbons (Fsp3) is 0. The Morgan fingerprint density at radius 1 is 1.22 bits per heavy atom. The van der Waals surface area contributed by atoms with Gasteiger partial charge in [-0.05, 0) is 0 Å². The molecule has 0 N–H and O–H groups in total. The monoisotopic (exact) mass is 117 g/mol. The van der Waals surface area contributed by atoms with Crippen LogP contribution in [0, 0.1) is 13.1 Å². The van der Waals surface area contributed by atoms with Gasteiger partial charge < -0.3 is 0 Å². The van der Waals surface area contributed by atoms with Crippen LogP contribution in [0.4, 0.5) is 0 Å². The van der Waals surface area contributed by atoms with Crippen LogP contribution in [-0.4, -0.2) is 0 Å². The van der Waals surface area contributed by atoms with E-state index in [-0.39, 0.29) is 0 Å². The lowest BCUT2D eigenvalue weighted by molar-refractivity contribution is 1.53. The summed E-state index contributed by atoms with van der Waals surface area (Å²) >= 11 is 0. The molecular weight excluding hydrogens is 110 g/mol. The van der Waals surface area contributed by atoms with Gasteiger partial charge in [0.2, 0.25) is 6.54 Å². The molecule has 0 aliphatic rings. The number of hydrogen-bond acceptors (Lipinski definition) is 0. The lowest BCUT2D eigenvalue weighted by Crippen LogP contribution is -1.71. The SMILES string of the molecule is C#[N+][CH-]c1ccccc1. The van der Waals surface area contributed by atoms with Crippen LogP contribution >= 0.6 is 0 Å². The summed E-state index contributed by atoms with van der Waals surface area (Å²) in [6, 6.07) is 9.72. The first-order valence-electron chi connectivity index (χ1n) is 2.72. The van der Waals surface area contributed by atoms with E-state index in [4.69, 9.17) is 6.57 Å². The number of nitrogens with zero attached hydrogens (tertiary/aromatic N) is 1. The standard InChI is InChI=1S/C8H7N/c1-9-7-8-5-3-2-4-6-8/h1-7H. The zero-order chi connectivity index (χ0) is 6.53. The average molecular weight is 117 g/mol. The van der Waals surface area contributed by atoms with Crippen molar-refractivity contribution in [3.8, 4) is 6.57 Å². The van der Waals surface area contributed by atoms with Gasteiger partial charge in [0.15, 0.2) is 6.57 Å². The van der Waals surface area contributed by atoms with E-state index in [9.17, 15) is 0 Å². The molecule has 0 aliphatic heterocycles. The molecule has 9 heavy (non-hydrogen) atoms. The van der Waals surface area contributed by atoms with Gasteiger partial charge in [-0.2, -0.15) is 0 Å². The number of rotatable bonds is 1. The second-order valence-electron chi connectivity index (χ2n) is 1.69. The van der Waals surface area contributed by atoms with Crippen molar-refractivity contribution in [1.82, 2.24) is 0 Å². The van der Waals surface area contributed by atoms with Crippen LogP contribution in [0.15, 0.2) is 30.3 Å². The molecule has 0 radical (unpaired) electrons. The molecule has 0 saturated carbocycles. The van der Waals surface area contributed by atoms with Gasteiger partial charge in [0.05, 0.1) is 0 Å². The van der Waals surface area contributed by atoms with E-state index in [0.29, 0.717) is 0 Å². The highest BCUT2D eigenvalue weighted by molar-refractivity contribution is 5.24. The van der Waals surface area contributed by atoms with Crippen molar-refractivity contribution in [2.45, 2.75) is 0 Å². The third-order valence-corrected chi connectivity index (χ3v) is 1.02. The quantitative estimate of drug-likeness (QED) is 0.496. The van der Waals surface area contributed by atoms with Crippen LogP contribution in [0.3, 0.4) is 0 Å². The molecule has 1 aromatic carbocycles.